The molecule has 7 heteroatoms. The van der Waals surface area contributed by atoms with Crippen LogP contribution in [-0.2, 0) is 0 Å². The number of nitro groups is 1. The maximum atomic E-state index is 12.2. The molecular formula is C17H15NO6. The molecule has 2 rings (SSSR count). The predicted molar refractivity (Wildman–Crippen MR) is 87.7 cm³/mol. The van der Waals surface area contributed by atoms with Crippen LogP contribution in [0.25, 0.3) is 6.08 Å². The average molecular weight is 329 g/mol. The van der Waals surface area contributed by atoms with Gasteiger partial charge in [0.1, 0.15) is 5.75 Å². The second-order valence-corrected chi connectivity index (χ2v) is 4.77. The Morgan fingerprint density at radius 1 is 1.12 bits per heavy atom. The van der Waals surface area contributed by atoms with E-state index in [0.29, 0.717) is 17.1 Å². The van der Waals surface area contributed by atoms with Gasteiger partial charge in [0.05, 0.1) is 24.7 Å². The number of nitro benzene ring substituents is 1. The zero-order chi connectivity index (χ0) is 17.7. The van der Waals surface area contributed by atoms with Gasteiger partial charge in [0, 0.05) is 12.1 Å². The van der Waals surface area contributed by atoms with Gasteiger partial charge in [0.15, 0.2) is 17.3 Å². The Balaban J connectivity index is 2.28. The van der Waals surface area contributed by atoms with Crippen molar-refractivity contribution in [3.8, 4) is 17.2 Å². The van der Waals surface area contributed by atoms with E-state index in [-0.39, 0.29) is 17.0 Å². The Morgan fingerprint density at radius 3 is 2.46 bits per heavy atom. The molecule has 2 aromatic rings. The Morgan fingerprint density at radius 2 is 1.83 bits per heavy atom. The van der Waals surface area contributed by atoms with Crippen LogP contribution < -0.4 is 9.47 Å². The molecule has 124 valence electrons. The van der Waals surface area contributed by atoms with Crippen molar-refractivity contribution in [3.63, 3.8) is 0 Å². The number of ether oxygens (including phenoxy) is 2. The molecule has 24 heavy (non-hydrogen) atoms. The molecule has 0 aromatic heterocycles. The number of hydrogen-bond acceptors (Lipinski definition) is 6. The lowest BCUT2D eigenvalue weighted by Gasteiger charge is -2.07. The van der Waals surface area contributed by atoms with Gasteiger partial charge >= 0.3 is 0 Å². The summed E-state index contributed by atoms with van der Waals surface area (Å²) >= 11 is 0. The molecule has 0 bridgehead atoms. The van der Waals surface area contributed by atoms with E-state index in [1.807, 2.05) is 0 Å². The fraction of sp³-hybridized carbons (Fsp3) is 0.118. The number of non-ortho nitro benzene ring substituents is 1. The first-order valence-electron chi connectivity index (χ1n) is 6.88. The van der Waals surface area contributed by atoms with Gasteiger partial charge in [-0.05, 0) is 29.8 Å². The number of methoxy groups -OCH3 is 2. The summed E-state index contributed by atoms with van der Waals surface area (Å²) in [7, 11) is 3.01. The van der Waals surface area contributed by atoms with E-state index in [1.54, 1.807) is 18.2 Å². The van der Waals surface area contributed by atoms with E-state index >= 15 is 0 Å². The molecule has 0 fully saturated rings. The topological polar surface area (TPSA) is 98.9 Å². The molecule has 0 aliphatic rings. The van der Waals surface area contributed by atoms with Crippen LogP contribution in [0.3, 0.4) is 0 Å². The van der Waals surface area contributed by atoms with Gasteiger partial charge in [-0.25, -0.2) is 0 Å². The highest BCUT2D eigenvalue weighted by Gasteiger charge is 2.14. The smallest absolute Gasteiger partial charge is 0.270 e. The Hall–Kier alpha value is -3.35. The number of phenolic OH excluding ortho intramolecular Hbond substituents is 1. The number of allylic oxidation sites excluding steroid dienone is 1. The van der Waals surface area contributed by atoms with Crippen LogP contribution >= 0.6 is 0 Å². The third-order valence-corrected chi connectivity index (χ3v) is 3.29. The number of benzene rings is 2. The Kier molecular flexibility index (Phi) is 5.16. The third kappa shape index (κ3) is 3.70. The van der Waals surface area contributed by atoms with Crippen molar-refractivity contribution in [2.75, 3.05) is 14.2 Å². The highest BCUT2D eigenvalue weighted by Crippen LogP contribution is 2.28. The standard InChI is InChI=1S/C17H15NO6/c1-23-16-8-4-11(9-17(16)24-2)3-6-14(19)13-10-12(18(21)22)5-7-15(13)20/h3-10,20H,1-2H3. The largest absolute Gasteiger partial charge is 0.507 e. The fourth-order valence-electron chi connectivity index (χ4n) is 2.05. The van der Waals surface area contributed by atoms with Crippen molar-refractivity contribution in [3.05, 3.63) is 63.7 Å². The minimum Gasteiger partial charge on any atom is -0.507 e. The number of carbonyl (C=O) groups is 1. The predicted octanol–water partition coefficient (Wildman–Crippen LogP) is 3.21. The molecule has 0 heterocycles. The zero-order valence-corrected chi connectivity index (χ0v) is 13.1. The first-order chi connectivity index (χ1) is 11.5. The highest BCUT2D eigenvalue weighted by molar-refractivity contribution is 6.09. The van der Waals surface area contributed by atoms with Crippen molar-refractivity contribution in [1.82, 2.24) is 0 Å². The molecule has 0 aliphatic heterocycles. The summed E-state index contributed by atoms with van der Waals surface area (Å²) in [6, 6.07) is 8.37. The van der Waals surface area contributed by atoms with Crippen LogP contribution in [0, 0.1) is 10.1 Å². The number of rotatable bonds is 6. The quantitative estimate of drug-likeness (QED) is 0.378. The first kappa shape index (κ1) is 17.0. The normalized spacial score (nSPS) is 10.6. The van der Waals surface area contributed by atoms with E-state index in [2.05, 4.69) is 0 Å². The van der Waals surface area contributed by atoms with Crippen molar-refractivity contribution in [1.29, 1.82) is 0 Å². The first-order valence-corrected chi connectivity index (χ1v) is 6.88. The van der Waals surface area contributed by atoms with Crippen LogP contribution in [0.4, 0.5) is 5.69 Å². The number of phenols is 1. The van der Waals surface area contributed by atoms with Crippen molar-refractivity contribution >= 4 is 17.5 Å². The molecule has 2 aromatic carbocycles. The lowest BCUT2D eigenvalue weighted by atomic mass is 10.1. The van der Waals surface area contributed by atoms with Crippen LogP contribution in [-0.4, -0.2) is 30.0 Å². The SMILES string of the molecule is COc1ccc(C=CC(=O)c2cc([N+](=O)[O-])ccc2O)cc1OC. The van der Waals surface area contributed by atoms with Gasteiger partial charge in [-0.15, -0.1) is 0 Å². The third-order valence-electron chi connectivity index (χ3n) is 3.29. The average Bonchev–Trinajstić information content (AvgIpc) is 2.59. The maximum Gasteiger partial charge on any atom is 0.270 e. The Bertz CT molecular complexity index is 813. The number of carbonyl (C=O) groups excluding carboxylic acids is 1. The molecule has 0 atom stereocenters. The molecule has 0 amide bonds. The molecule has 0 saturated heterocycles. The molecule has 1 N–H and O–H groups in total. The van der Waals surface area contributed by atoms with Crippen molar-refractivity contribution in [2.45, 2.75) is 0 Å². The lowest BCUT2D eigenvalue weighted by molar-refractivity contribution is -0.384. The Labute approximate surface area is 137 Å². The van der Waals surface area contributed by atoms with Gasteiger partial charge in [-0.1, -0.05) is 12.1 Å². The summed E-state index contributed by atoms with van der Waals surface area (Å²) in [5.74, 6) is 0.191. The van der Waals surface area contributed by atoms with Gasteiger partial charge in [-0.2, -0.15) is 0 Å². The van der Waals surface area contributed by atoms with Gasteiger partial charge in [0.25, 0.3) is 5.69 Å². The number of ketones is 1. The van der Waals surface area contributed by atoms with Crippen LogP contribution in [0.1, 0.15) is 15.9 Å². The van der Waals surface area contributed by atoms with E-state index in [0.717, 1.165) is 18.2 Å². The van der Waals surface area contributed by atoms with Gasteiger partial charge < -0.3 is 14.6 Å². The molecular weight excluding hydrogens is 314 g/mol. The number of nitrogens with zero attached hydrogens (tertiary/aromatic N) is 1. The van der Waals surface area contributed by atoms with E-state index in [4.69, 9.17) is 9.47 Å². The highest BCUT2D eigenvalue weighted by atomic mass is 16.6. The molecule has 0 saturated carbocycles. The second kappa shape index (κ2) is 7.28. The van der Waals surface area contributed by atoms with Gasteiger partial charge in [-0.3, -0.25) is 14.9 Å². The summed E-state index contributed by atoms with van der Waals surface area (Å²) in [4.78, 5) is 22.3. The summed E-state index contributed by atoms with van der Waals surface area (Å²) < 4.78 is 10.3. The summed E-state index contributed by atoms with van der Waals surface area (Å²) in [5, 5.41) is 20.5. The van der Waals surface area contributed by atoms with Crippen molar-refractivity contribution < 1.29 is 24.3 Å². The lowest BCUT2D eigenvalue weighted by Crippen LogP contribution is -1.97. The number of hydrogen-bond donors (Lipinski definition) is 1. The van der Waals surface area contributed by atoms with E-state index in [1.165, 1.54) is 26.4 Å². The van der Waals surface area contributed by atoms with Crippen LogP contribution in [0.5, 0.6) is 17.2 Å². The van der Waals surface area contributed by atoms with E-state index < -0.39 is 10.7 Å². The second-order valence-electron chi connectivity index (χ2n) is 4.77. The summed E-state index contributed by atoms with van der Waals surface area (Å²) in [6.07, 6.45) is 2.74. The molecule has 7 nitrogen and oxygen atoms in total. The van der Waals surface area contributed by atoms with E-state index in [9.17, 15) is 20.0 Å². The minimum atomic E-state index is -0.631. The molecule has 0 spiro atoms. The minimum absolute atomic E-state index is 0.138. The fourth-order valence-corrected chi connectivity index (χ4v) is 2.05. The monoisotopic (exact) mass is 329 g/mol. The molecule has 0 aliphatic carbocycles. The summed E-state index contributed by atoms with van der Waals surface area (Å²) in [5.41, 5.74) is 0.266. The van der Waals surface area contributed by atoms with Crippen LogP contribution in [0.2, 0.25) is 0 Å². The van der Waals surface area contributed by atoms with Gasteiger partial charge in [0.2, 0.25) is 0 Å². The summed E-state index contributed by atoms with van der Waals surface area (Å²) in [6.45, 7) is 0. The molecule has 0 radical (unpaired) electrons. The van der Waals surface area contributed by atoms with Crippen molar-refractivity contribution in [2.24, 2.45) is 0 Å². The maximum absolute atomic E-state index is 12.2. The van der Waals surface area contributed by atoms with Crippen LogP contribution in [0.15, 0.2) is 42.5 Å². The zero-order valence-electron chi connectivity index (χ0n) is 13.1. The number of aromatic hydroxyl groups is 1. The molecule has 0 unspecified atom stereocenters.